The van der Waals surface area contributed by atoms with Crippen LogP contribution in [0, 0.1) is 5.41 Å². The number of fused-ring (bicyclic) bond motifs is 1. The number of hydrogen-bond donors (Lipinski definition) is 2. The molecule has 0 fully saturated rings. The lowest BCUT2D eigenvalue weighted by atomic mass is 9.83. The summed E-state index contributed by atoms with van der Waals surface area (Å²) >= 11 is 1.79. The van der Waals surface area contributed by atoms with Gasteiger partial charge in [0.15, 0.2) is 0 Å². The third-order valence-corrected chi connectivity index (χ3v) is 5.80. The SMILES string of the molecule is CCC(CC)(CO)CNCC(=O)N1CCc2sccc2C1. The maximum Gasteiger partial charge on any atom is 0.236 e. The molecule has 2 rings (SSSR count). The van der Waals surface area contributed by atoms with Crippen molar-refractivity contribution in [3.63, 3.8) is 0 Å². The summed E-state index contributed by atoms with van der Waals surface area (Å²) in [6.07, 6.45) is 2.82. The molecule has 0 atom stereocenters. The molecular formula is C16H26N2O2S. The van der Waals surface area contributed by atoms with Gasteiger partial charge in [0, 0.05) is 36.5 Å². The second-order valence-corrected chi connectivity index (χ2v) is 6.90. The molecule has 2 heterocycles. The third-order valence-electron chi connectivity index (χ3n) is 4.77. The maximum atomic E-state index is 12.3. The van der Waals surface area contributed by atoms with Crippen molar-refractivity contribution in [2.24, 2.45) is 5.41 Å². The summed E-state index contributed by atoms with van der Waals surface area (Å²) in [5.41, 5.74) is 1.20. The van der Waals surface area contributed by atoms with E-state index in [2.05, 4.69) is 30.6 Å². The molecule has 1 amide bonds. The van der Waals surface area contributed by atoms with Gasteiger partial charge >= 0.3 is 0 Å². The number of hydrogen-bond acceptors (Lipinski definition) is 4. The van der Waals surface area contributed by atoms with Crippen LogP contribution in [0.3, 0.4) is 0 Å². The molecule has 21 heavy (non-hydrogen) atoms. The van der Waals surface area contributed by atoms with Crippen molar-refractivity contribution in [3.8, 4) is 0 Å². The number of amides is 1. The average molecular weight is 310 g/mol. The van der Waals surface area contributed by atoms with E-state index in [0.29, 0.717) is 13.1 Å². The van der Waals surface area contributed by atoms with Gasteiger partial charge in [-0.25, -0.2) is 0 Å². The lowest BCUT2D eigenvalue weighted by molar-refractivity contribution is -0.131. The molecule has 0 spiro atoms. The Morgan fingerprint density at radius 2 is 2.24 bits per heavy atom. The number of aliphatic hydroxyl groups excluding tert-OH is 1. The van der Waals surface area contributed by atoms with Gasteiger partial charge < -0.3 is 15.3 Å². The highest BCUT2D eigenvalue weighted by atomic mass is 32.1. The molecule has 5 heteroatoms. The van der Waals surface area contributed by atoms with Crippen LogP contribution in [0.1, 0.15) is 37.1 Å². The Kier molecular flexibility index (Phi) is 5.79. The van der Waals surface area contributed by atoms with Gasteiger partial charge in [-0.2, -0.15) is 0 Å². The molecule has 4 nitrogen and oxygen atoms in total. The number of aliphatic hydroxyl groups is 1. The second kappa shape index (κ2) is 7.38. The zero-order valence-electron chi connectivity index (χ0n) is 13.0. The van der Waals surface area contributed by atoms with E-state index in [9.17, 15) is 9.90 Å². The van der Waals surface area contributed by atoms with E-state index >= 15 is 0 Å². The largest absolute Gasteiger partial charge is 0.396 e. The highest BCUT2D eigenvalue weighted by Gasteiger charge is 2.26. The first-order valence-electron chi connectivity index (χ1n) is 7.78. The fraction of sp³-hybridized carbons (Fsp3) is 0.688. The van der Waals surface area contributed by atoms with Crippen LogP contribution >= 0.6 is 11.3 Å². The van der Waals surface area contributed by atoms with Crippen LogP contribution in [0.2, 0.25) is 0 Å². The quantitative estimate of drug-likeness (QED) is 0.810. The normalized spacial score (nSPS) is 15.1. The van der Waals surface area contributed by atoms with Gasteiger partial charge in [-0.3, -0.25) is 4.79 Å². The molecule has 0 aliphatic carbocycles. The van der Waals surface area contributed by atoms with E-state index in [1.807, 2.05) is 4.90 Å². The Labute approximate surface area is 131 Å². The third kappa shape index (κ3) is 3.84. The van der Waals surface area contributed by atoms with E-state index in [-0.39, 0.29) is 17.9 Å². The summed E-state index contributed by atoms with van der Waals surface area (Å²) in [5, 5.41) is 14.9. The Bertz CT molecular complexity index is 460. The highest BCUT2D eigenvalue weighted by molar-refractivity contribution is 7.10. The molecule has 1 aliphatic heterocycles. The van der Waals surface area contributed by atoms with Gasteiger partial charge in [0.1, 0.15) is 0 Å². The molecule has 0 radical (unpaired) electrons. The molecule has 1 aromatic heterocycles. The van der Waals surface area contributed by atoms with Crippen LogP contribution in [0.5, 0.6) is 0 Å². The van der Waals surface area contributed by atoms with Crippen LogP contribution in [0.25, 0.3) is 0 Å². The first-order valence-corrected chi connectivity index (χ1v) is 8.66. The number of thiophene rings is 1. The fourth-order valence-corrected chi connectivity index (χ4v) is 3.68. The standard InChI is InChI=1S/C16H26N2O2S/c1-3-16(4-2,12-19)11-17-9-15(20)18-7-5-14-13(10-18)6-8-21-14/h6,8,17,19H,3-5,7,9-12H2,1-2H3. The van der Waals surface area contributed by atoms with E-state index < -0.39 is 0 Å². The van der Waals surface area contributed by atoms with E-state index in [1.54, 1.807) is 11.3 Å². The van der Waals surface area contributed by atoms with Crippen LogP contribution in [0.15, 0.2) is 11.4 Å². The van der Waals surface area contributed by atoms with Gasteiger partial charge in [0.05, 0.1) is 6.54 Å². The number of carbonyl (C=O) groups excluding carboxylic acids is 1. The van der Waals surface area contributed by atoms with E-state index in [1.165, 1.54) is 10.4 Å². The Hall–Kier alpha value is -0.910. The van der Waals surface area contributed by atoms with Crippen molar-refractivity contribution in [1.29, 1.82) is 0 Å². The van der Waals surface area contributed by atoms with Crippen molar-refractivity contribution in [2.45, 2.75) is 39.7 Å². The highest BCUT2D eigenvalue weighted by Crippen LogP contribution is 2.25. The minimum Gasteiger partial charge on any atom is -0.396 e. The van der Waals surface area contributed by atoms with Crippen molar-refractivity contribution >= 4 is 17.2 Å². The van der Waals surface area contributed by atoms with Gasteiger partial charge in [-0.05, 0) is 36.3 Å². The summed E-state index contributed by atoms with van der Waals surface area (Å²) in [7, 11) is 0. The second-order valence-electron chi connectivity index (χ2n) is 5.90. The lowest BCUT2D eigenvalue weighted by Gasteiger charge is -2.31. The summed E-state index contributed by atoms with van der Waals surface area (Å²) < 4.78 is 0. The smallest absolute Gasteiger partial charge is 0.236 e. The van der Waals surface area contributed by atoms with Crippen molar-refractivity contribution < 1.29 is 9.90 Å². The summed E-state index contributed by atoms with van der Waals surface area (Å²) in [4.78, 5) is 15.6. The van der Waals surface area contributed by atoms with Crippen molar-refractivity contribution in [3.05, 3.63) is 21.9 Å². The monoisotopic (exact) mass is 310 g/mol. The molecule has 1 aromatic rings. The molecule has 118 valence electrons. The minimum absolute atomic E-state index is 0.0945. The summed E-state index contributed by atoms with van der Waals surface area (Å²) in [6.45, 7) is 6.97. The van der Waals surface area contributed by atoms with E-state index in [0.717, 1.165) is 32.4 Å². The van der Waals surface area contributed by atoms with E-state index in [4.69, 9.17) is 0 Å². The van der Waals surface area contributed by atoms with Crippen LogP contribution < -0.4 is 5.32 Å². The summed E-state index contributed by atoms with van der Waals surface area (Å²) in [6, 6.07) is 2.12. The molecule has 0 saturated carbocycles. The van der Waals surface area contributed by atoms with Gasteiger partial charge in [0.2, 0.25) is 5.91 Å². The van der Waals surface area contributed by atoms with Crippen molar-refractivity contribution in [1.82, 2.24) is 10.2 Å². The number of rotatable bonds is 7. The first-order chi connectivity index (χ1) is 10.1. The molecule has 0 saturated heterocycles. The molecule has 0 bridgehead atoms. The predicted octanol–water partition coefficient (Wildman–Crippen LogP) is 2.02. The zero-order valence-corrected chi connectivity index (χ0v) is 13.8. The van der Waals surface area contributed by atoms with Crippen LogP contribution in [-0.2, 0) is 17.8 Å². The van der Waals surface area contributed by atoms with Gasteiger partial charge in [-0.1, -0.05) is 13.8 Å². The first kappa shape index (κ1) is 16.5. The van der Waals surface area contributed by atoms with Gasteiger partial charge in [0.25, 0.3) is 0 Å². The number of nitrogens with one attached hydrogen (secondary N) is 1. The Balaban J connectivity index is 1.80. The summed E-state index contributed by atoms with van der Waals surface area (Å²) in [5.74, 6) is 0.158. The Morgan fingerprint density at radius 3 is 2.90 bits per heavy atom. The lowest BCUT2D eigenvalue weighted by Crippen LogP contribution is -2.44. The van der Waals surface area contributed by atoms with Crippen molar-refractivity contribution in [2.75, 3.05) is 26.2 Å². The number of nitrogens with zero attached hydrogens (tertiary/aromatic N) is 1. The fourth-order valence-electron chi connectivity index (χ4n) is 2.79. The molecule has 1 aliphatic rings. The van der Waals surface area contributed by atoms with Gasteiger partial charge in [-0.15, -0.1) is 11.3 Å². The van der Waals surface area contributed by atoms with Crippen LogP contribution in [-0.4, -0.2) is 42.2 Å². The zero-order chi connectivity index (χ0) is 15.3. The molecule has 0 unspecified atom stereocenters. The van der Waals surface area contributed by atoms with Crippen LogP contribution in [0.4, 0.5) is 0 Å². The molecular weight excluding hydrogens is 284 g/mol. The minimum atomic E-state index is -0.0945. The Morgan fingerprint density at radius 1 is 1.48 bits per heavy atom. The molecule has 2 N–H and O–H groups in total. The molecule has 0 aromatic carbocycles. The average Bonchev–Trinajstić information content (AvgIpc) is 2.99. The number of carbonyl (C=O) groups is 1. The maximum absolute atomic E-state index is 12.3. The topological polar surface area (TPSA) is 52.6 Å². The predicted molar refractivity (Wildman–Crippen MR) is 86.4 cm³/mol.